The van der Waals surface area contributed by atoms with Crippen molar-refractivity contribution < 1.29 is 4.74 Å². The van der Waals surface area contributed by atoms with Crippen molar-refractivity contribution in [2.24, 2.45) is 0 Å². The zero-order valence-electron chi connectivity index (χ0n) is 9.18. The summed E-state index contributed by atoms with van der Waals surface area (Å²) in [7, 11) is -1.18. The summed E-state index contributed by atoms with van der Waals surface area (Å²) in [6.07, 6.45) is 4.47. The third-order valence-corrected chi connectivity index (χ3v) is 2.91. The molecule has 0 aliphatic carbocycles. The highest BCUT2D eigenvalue weighted by Crippen LogP contribution is 2.26. The van der Waals surface area contributed by atoms with Gasteiger partial charge in [-0.2, -0.15) is 0 Å². The van der Waals surface area contributed by atoms with Gasteiger partial charge < -0.3 is 4.74 Å². The molecule has 0 N–H and O–H groups in total. The number of epoxide rings is 1. The third kappa shape index (κ3) is 4.49. The van der Waals surface area contributed by atoms with E-state index in [1.165, 1.54) is 19.3 Å². The van der Waals surface area contributed by atoms with Gasteiger partial charge in [-0.05, 0) is 6.42 Å². The van der Waals surface area contributed by atoms with Crippen molar-refractivity contribution in [1.82, 2.24) is 0 Å². The quantitative estimate of drug-likeness (QED) is 0.384. The minimum atomic E-state index is -1.18. The minimum Gasteiger partial charge on any atom is -0.356 e. The Morgan fingerprint density at radius 3 is 2.54 bits per heavy atom. The second kappa shape index (κ2) is 4.30. The van der Waals surface area contributed by atoms with Crippen LogP contribution in [0.15, 0.2) is 0 Å². The molecule has 0 spiro atoms. The van der Waals surface area contributed by atoms with Gasteiger partial charge in [-0.3, -0.25) is 0 Å². The summed E-state index contributed by atoms with van der Waals surface area (Å²) in [6, 6.07) is 0. The fourth-order valence-corrected chi connectivity index (χ4v) is 1.76. The van der Waals surface area contributed by atoms with Gasteiger partial charge in [0.25, 0.3) is 0 Å². The molecule has 0 radical (unpaired) electrons. The van der Waals surface area contributed by atoms with Crippen molar-refractivity contribution in [3.05, 3.63) is 0 Å². The summed E-state index contributed by atoms with van der Waals surface area (Å²) in [4.78, 5) is 0. The van der Waals surface area contributed by atoms with E-state index in [0.29, 0.717) is 6.10 Å². The Labute approximate surface area is 82.9 Å². The van der Waals surface area contributed by atoms with Crippen LogP contribution in [0.25, 0.3) is 0 Å². The summed E-state index contributed by atoms with van der Waals surface area (Å²) in [6.45, 7) is 9.02. The predicted molar refractivity (Wildman–Crippen MR) is 59.3 cm³/mol. The summed E-state index contributed by atoms with van der Waals surface area (Å²) in [5.74, 6) is 3.25. The first kappa shape index (κ1) is 10.8. The molecule has 0 aromatic heterocycles. The van der Waals surface area contributed by atoms with Gasteiger partial charge in [0, 0.05) is 0 Å². The molecular weight excluding hydrogens is 176 g/mol. The Morgan fingerprint density at radius 1 is 1.31 bits per heavy atom. The molecule has 1 rings (SSSR count). The first-order valence-corrected chi connectivity index (χ1v) is 8.71. The Bertz CT molecular complexity index is 218. The molecule has 1 fully saturated rings. The first-order valence-electron chi connectivity index (χ1n) is 5.21. The molecule has 1 saturated heterocycles. The second-order valence-corrected chi connectivity index (χ2v) is 9.51. The van der Waals surface area contributed by atoms with Gasteiger partial charge in [0.1, 0.15) is 14.2 Å². The van der Waals surface area contributed by atoms with Gasteiger partial charge in [0.2, 0.25) is 0 Å². The molecule has 0 amide bonds. The van der Waals surface area contributed by atoms with Crippen molar-refractivity contribution in [2.45, 2.75) is 58.0 Å². The SMILES string of the molecule is CCCC[C@H]1O[C@H]1C#C[Si](C)(C)C. The van der Waals surface area contributed by atoms with E-state index < -0.39 is 8.07 Å². The van der Waals surface area contributed by atoms with E-state index in [-0.39, 0.29) is 6.10 Å². The highest BCUT2D eigenvalue weighted by Gasteiger charge is 2.36. The fraction of sp³-hybridized carbons (Fsp3) is 0.818. The van der Waals surface area contributed by atoms with Crippen molar-refractivity contribution in [3.63, 3.8) is 0 Å². The van der Waals surface area contributed by atoms with Crippen LogP contribution in [0.5, 0.6) is 0 Å². The number of unbranched alkanes of at least 4 members (excludes halogenated alkanes) is 1. The van der Waals surface area contributed by atoms with Crippen LogP contribution in [0.4, 0.5) is 0 Å². The van der Waals surface area contributed by atoms with Gasteiger partial charge >= 0.3 is 0 Å². The van der Waals surface area contributed by atoms with Gasteiger partial charge in [0.15, 0.2) is 0 Å². The van der Waals surface area contributed by atoms with E-state index in [4.69, 9.17) is 4.74 Å². The van der Waals surface area contributed by atoms with Crippen LogP contribution >= 0.6 is 0 Å². The molecule has 0 bridgehead atoms. The molecule has 1 nitrogen and oxygen atoms in total. The number of ether oxygens (including phenoxy) is 1. The maximum atomic E-state index is 5.46. The van der Waals surface area contributed by atoms with E-state index in [1.807, 2.05) is 0 Å². The summed E-state index contributed by atoms with van der Waals surface area (Å²) in [5, 5.41) is 0. The van der Waals surface area contributed by atoms with Crippen molar-refractivity contribution in [3.8, 4) is 11.5 Å². The van der Waals surface area contributed by atoms with Crippen molar-refractivity contribution in [1.29, 1.82) is 0 Å². The monoisotopic (exact) mass is 196 g/mol. The summed E-state index contributed by atoms with van der Waals surface area (Å²) >= 11 is 0. The molecular formula is C11H20OSi. The van der Waals surface area contributed by atoms with Gasteiger partial charge in [0.05, 0.1) is 6.10 Å². The van der Waals surface area contributed by atoms with Gasteiger partial charge in [-0.25, -0.2) is 0 Å². The third-order valence-electron chi connectivity index (χ3n) is 2.01. The highest BCUT2D eigenvalue weighted by molar-refractivity contribution is 6.83. The molecule has 0 aromatic carbocycles. The lowest BCUT2D eigenvalue weighted by atomic mass is 10.2. The minimum absolute atomic E-state index is 0.276. The molecule has 13 heavy (non-hydrogen) atoms. The number of hydrogen-bond donors (Lipinski definition) is 0. The Kier molecular flexibility index (Phi) is 3.58. The van der Waals surface area contributed by atoms with Crippen LogP contribution in [0.3, 0.4) is 0 Å². The maximum absolute atomic E-state index is 5.46. The Hall–Kier alpha value is -0.263. The number of hydrogen-bond acceptors (Lipinski definition) is 1. The molecule has 74 valence electrons. The lowest BCUT2D eigenvalue weighted by molar-refractivity contribution is 0.377. The molecule has 1 aliphatic heterocycles. The van der Waals surface area contributed by atoms with E-state index >= 15 is 0 Å². The van der Waals surface area contributed by atoms with Crippen LogP contribution in [0, 0.1) is 11.5 Å². The van der Waals surface area contributed by atoms with E-state index in [0.717, 1.165) is 0 Å². The molecule has 0 aromatic rings. The zero-order valence-corrected chi connectivity index (χ0v) is 10.2. The Balaban J connectivity index is 2.23. The molecule has 0 saturated carbocycles. The largest absolute Gasteiger partial charge is 0.356 e. The predicted octanol–water partition coefficient (Wildman–Crippen LogP) is 2.82. The lowest BCUT2D eigenvalue weighted by Gasteiger charge is -2.02. The zero-order chi connectivity index (χ0) is 9.90. The Morgan fingerprint density at radius 2 is 2.00 bits per heavy atom. The van der Waals surface area contributed by atoms with E-state index in [9.17, 15) is 0 Å². The summed E-state index contributed by atoms with van der Waals surface area (Å²) < 4.78 is 5.46. The fourth-order valence-electron chi connectivity index (χ4n) is 1.18. The van der Waals surface area contributed by atoms with Crippen LogP contribution in [0.2, 0.25) is 19.6 Å². The van der Waals surface area contributed by atoms with E-state index in [1.54, 1.807) is 0 Å². The smallest absolute Gasteiger partial charge is 0.144 e. The maximum Gasteiger partial charge on any atom is 0.144 e. The average Bonchev–Trinajstić information content (AvgIpc) is 2.75. The summed E-state index contributed by atoms with van der Waals surface area (Å²) in [5.41, 5.74) is 3.35. The van der Waals surface area contributed by atoms with Crippen LogP contribution in [0.1, 0.15) is 26.2 Å². The van der Waals surface area contributed by atoms with Crippen LogP contribution < -0.4 is 0 Å². The highest BCUT2D eigenvalue weighted by atomic mass is 28.3. The van der Waals surface area contributed by atoms with Crippen molar-refractivity contribution in [2.75, 3.05) is 0 Å². The van der Waals surface area contributed by atoms with Crippen LogP contribution in [-0.4, -0.2) is 20.3 Å². The molecule has 2 atom stereocenters. The number of rotatable bonds is 3. The lowest BCUT2D eigenvalue weighted by Crippen LogP contribution is -2.16. The van der Waals surface area contributed by atoms with E-state index in [2.05, 4.69) is 38.0 Å². The van der Waals surface area contributed by atoms with Crippen LogP contribution in [-0.2, 0) is 4.74 Å². The van der Waals surface area contributed by atoms with Gasteiger partial charge in [-0.1, -0.05) is 45.3 Å². The standard InChI is InChI=1S/C11H20OSi/c1-5-6-7-10-11(12-10)8-9-13(2,3)4/h10-11H,5-7H2,1-4H3/t10-,11+/m1/s1. The van der Waals surface area contributed by atoms with Crippen molar-refractivity contribution >= 4 is 8.07 Å². The molecule has 0 unspecified atom stereocenters. The molecule has 1 aliphatic rings. The normalized spacial score (nSPS) is 26.5. The molecule has 1 heterocycles. The average molecular weight is 196 g/mol. The first-order chi connectivity index (χ1) is 6.03. The molecule has 2 heteroatoms. The second-order valence-electron chi connectivity index (χ2n) is 4.76. The topological polar surface area (TPSA) is 12.5 Å². The van der Waals surface area contributed by atoms with Gasteiger partial charge in [-0.15, -0.1) is 5.54 Å².